The smallest absolute Gasteiger partial charge is 0.254 e. The zero-order chi connectivity index (χ0) is 15.1. The summed E-state index contributed by atoms with van der Waals surface area (Å²) in [7, 11) is 1.88. The van der Waals surface area contributed by atoms with Crippen molar-refractivity contribution in [1.29, 1.82) is 0 Å². The summed E-state index contributed by atoms with van der Waals surface area (Å²) >= 11 is 12.1. The number of halogens is 2. The quantitative estimate of drug-likeness (QED) is 0.804. The van der Waals surface area contributed by atoms with Gasteiger partial charge in [0, 0.05) is 24.0 Å². The minimum absolute atomic E-state index is 0.530. The van der Waals surface area contributed by atoms with Crippen molar-refractivity contribution in [2.75, 3.05) is 5.32 Å². The molecule has 0 spiro atoms. The number of anilines is 1. The number of nitrogens with zero attached hydrogens (tertiary/aromatic N) is 5. The first-order valence-electron chi connectivity index (χ1n) is 6.39. The molecule has 0 saturated heterocycles. The summed E-state index contributed by atoms with van der Waals surface area (Å²) in [6, 6.07) is 1.85. The number of hydrogen-bond acceptors (Lipinski definition) is 4. The standard InChI is InChI=1S/C13H14Cl2N6/c1-7-8(2)19-13-17-6-18-21(13)12(7)16-5-9-4-10(14)11(15)20(9)3/h4,6,16H,5H2,1-3H3. The van der Waals surface area contributed by atoms with E-state index in [1.165, 1.54) is 6.33 Å². The third-order valence-electron chi connectivity index (χ3n) is 3.56. The lowest BCUT2D eigenvalue weighted by Gasteiger charge is -2.13. The third kappa shape index (κ3) is 2.34. The van der Waals surface area contributed by atoms with Crippen LogP contribution in [0.1, 0.15) is 17.0 Å². The first-order chi connectivity index (χ1) is 9.99. The molecular weight excluding hydrogens is 311 g/mol. The maximum atomic E-state index is 6.08. The van der Waals surface area contributed by atoms with Gasteiger partial charge in [-0.2, -0.15) is 14.6 Å². The van der Waals surface area contributed by atoms with E-state index < -0.39 is 0 Å². The predicted molar refractivity (Wildman–Crippen MR) is 83.0 cm³/mol. The summed E-state index contributed by atoms with van der Waals surface area (Å²) < 4.78 is 3.54. The SMILES string of the molecule is Cc1nc2ncnn2c(NCc2cc(Cl)c(Cl)n2C)c1C. The van der Waals surface area contributed by atoms with E-state index in [0.717, 1.165) is 22.8 Å². The van der Waals surface area contributed by atoms with E-state index in [1.807, 2.05) is 31.5 Å². The number of aryl methyl sites for hydroxylation is 1. The fourth-order valence-corrected chi connectivity index (χ4v) is 2.59. The van der Waals surface area contributed by atoms with Gasteiger partial charge in [-0.25, -0.2) is 4.98 Å². The lowest BCUT2D eigenvalue weighted by molar-refractivity contribution is 0.829. The van der Waals surface area contributed by atoms with Gasteiger partial charge in [0.05, 0.1) is 11.6 Å². The zero-order valence-corrected chi connectivity index (χ0v) is 13.4. The van der Waals surface area contributed by atoms with Gasteiger partial charge in [-0.3, -0.25) is 0 Å². The Labute approximate surface area is 131 Å². The highest BCUT2D eigenvalue weighted by atomic mass is 35.5. The van der Waals surface area contributed by atoms with Gasteiger partial charge in [-0.05, 0) is 19.9 Å². The molecule has 3 aromatic rings. The first kappa shape index (κ1) is 14.2. The molecule has 0 aromatic carbocycles. The molecule has 3 aromatic heterocycles. The predicted octanol–water partition coefficient (Wildman–Crippen LogP) is 3.00. The molecule has 0 radical (unpaired) electrons. The minimum atomic E-state index is 0.530. The van der Waals surface area contributed by atoms with Crippen LogP contribution in [0.5, 0.6) is 0 Å². The Morgan fingerprint density at radius 2 is 2.05 bits per heavy atom. The molecule has 3 heterocycles. The van der Waals surface area contributed by atoms with Gasteiger partial charge in [0.25, 0.3) is 5.78 Å². The average Bonchev–Trinajstić information content (AvgIpc) is 3.00. The fraction of sp³-hybridized carbons (Fsp3) is 0.308. The molecule has 0 fully saturated rings. The second-order valence-electron chi connectivity index (χ2n) is 4.83. The Balaban J connectivity index is 1.96. The first-order valence-corrected chi connectivity index (χ1v) is 7.15. The van der Waals surface area contributed by atoms with Crippen molar-refractivity contribution < 1.29 is 0 Å². The minimum Gasteiger partial charge on any atom is -0.364 e. The van der Waals surface area contributed by atoms with Crippen molar-refractivity contribution in [3.63, 3.8) is 0 Å². The lowest BCUT2D eigenvalue weighted by atomic mass is 10.2. The number of fused-ring (bicyclic) bond motifs is 1. The number of aromatic nitrogens is 5. The van der Waals surface area contributed by atoms with Crippen LogP contribution in [0.25, 0.3) is 5.78 Å². The molecule has 110 valence electrons. The monoisotopic (exact) mass is 324 g/mol. The summed E-state index contributed by atoms with van der Waals surface area (Å²) in [5.41, 5.74) is 2.92. The van der Waals surface area contributed by atoms with Crippen molar-refractivity contribution in [2.45, 2.75) is 20.4 Å². The van der Waals surface area contributed by atoms with Gasteiger partial charge in [0.1, 0.15) is 17.3 Å². The summed E-state index contributed by atoms with van der Waals surface area (Å²) in [5, 5.41) is 8.64. The van der Waals surface area contributed by atoms with Crippen LogP contribution >= 0.6 is 23.2 Å². The maximum absolute atomic E-state index is 6.08. The van der Waals surface area contributed by atoms with Crippen molar-refractivity contribution in [3.8, 4) is 0 Å². The van der Waals surface area contributed by atoms with Crippen molar-refractivity contribution in [3.05, 3.63) is 39.5 Å². The molecule has 0 aliphatic rings. The van der Waals surface area contributed by atoms with Gasteiger partial charge >= 0.3 is 0 Å². The Morgan fingerprint density at radius 3 is 2.71 bits per heavy atom. The van der Waals surface area contributed by atoms with Crippen molar-refractivity contribution >= 4 is 34.8 Å². The second kappa shape index (κ2) is 5.20. The molecule has 3 rings (SSSR count). The Kier molecular flexibility index (Phi) is 3.51. The summed E-state index contributed by atoms with van der Waals surface area (Å²) in [6.45, 7) is 4.52. The summed E-state index contributed by atoms with van der Waals surface area (Å²) in [6.07, 6.45) is 1.49. The highest BCUT2D eigenvalue weighted by molar-refractivity contribution is 6.41. The molecule has 0 amide bonds. The molecule has 0 aliphatic heterocycles. The van der Waals surface area contributed by atoms with Crippen LogP contribution in [-0.2, 0) is 13.6 Å². The molecule has 0 atom stereocenters. The largest absolute Gasteiger partial charge is 0.364 e. The van der Waals surface area contributed by atoms with Crippen LogP contribution in [0.2, 0.25) is 10.2 Å². The van der Waals surface area contributed by atoms with Crippen LogP contribution in [0, 0.1) is 13.8 Å². The normalized spacial score (nSPS) is 11.3. The van der Waals surface area contributed by atoms with Crippen molar-refractivity contribution in [2.24, 2.45) is 7.05 Å². The molecule has 0 unspecified atom stereocenters. The molecule has 0 saturated carbocycles. The van der Waals surface area contributed by atoms with E-state index >= 15 is 0 Å². The van der Waals surface area contributed by atoms with Gasteiger partial charge in [-0.15, -0.1) is 0 Å². The summed E-state index contributed by atoms with van der Waals surface area (Å²) in [4.78, 5) is 8.51. The Hall–Kier alpha value is -1.79. The molecule has 6 nitrogen and oxygen atoms in total. The van der Waals surface area contributed by atoms with Gasteiger partial charge in [0.2, 0.25) is 0 Å². The van der Waals surface area contributed by atoms with Crippen LogP contribution < -0.4 is 5.32 Å². The van der Waals surface area contributed by atoms with E-state index in [0.29, 0.717) is 22.5 Å². The van der Waals surface area contributed by atoms with Crippen LogP contribution in [0.15, 0.2) is 12.4 Å². The van der Waals surface area contributed by atoms with Crippen molar-refractivity contribution in [1.82, 2.24) is 24.1 Å². The van der Waals surface area contributed by atoms with Gasteiger partial charge < -0.3 is 9.88 Å². The van der Waals surface area contributed by atoms with E-state index in [-0.39, 0.29) is 0 Å². The highest BCUT2D eigenvalue weighted by Gasteiger charge is 2.13. The van der Waals surface area contributed by atoms with E-state index in [4.69, 9.17) is 23.2 Å². The zero-order valence-electron chi connectivity index (χ0n) is 11.9. The Morgan fingerprint density at radius 1 is 1.29 bits per heavy atom. The van der Waals surface area contributed by atoms with Crippen LogP contribution in [-0.4, -0.2) is 24.1 Å². The molecule has 8 heteroatoms. The van der Waals surface area contributed by atoms with E-state index in [1.54, 1.807) is 4.52 Å². The Bertz CT molecular complexity index is 820. The molecule has 21 heavy (non-hydrogen) atoms. The van der Waals surface area contributed by atoms with Crippen LogP contribution in [0.3, 0.4) is 0 Å². The lowest BCUT2D eigenvalue weighted by Crippen LogP contribution is -2.11. The fourth-order valence-electron chi connectivity index (χ4n) is 2.17. The number of nitrogens with one attached hydrogen (secondary N) is 1. The van der Waals surface area contributed by atoms with Crippen LogP contribution in [0.4, 0.5) is 5.82 Å². The molecule has 0 aliphatic carbocycles. The topological polar surface area (TPSA) is 60.0 Å². The van der Waals surface area contributed by atoms with E-state index in [9.17, 15) is 0 Å². The van der Waals surface area contributed by atoms with Gasteiger partial charge in [-0.1, -0.05) is 23.2 Å². The highest BCUT2D eigenvalue weighted by Crippen LogP contribution is 2.26. The molecular formula is C13H14Cl2N6. The maximum Gasteiger partial charge on any atom is 0.254 e. The number of rotatable bonds is 3. The van der Waals surface area contributed by atoms with Gasteiger partial charge in [0.15, 0.2) is 0 Å². The second-order valence-corrected chi connectivity index (χ2v) is 5.59. The van der Waals surface area contributed by atoms with E-state index in [2.05, 4.69) is 20.4 Å². The molecule has 1 N–H and O–H groups in total. The molecule has 0 bridgehead atoms. The summed E-state index contributed by atoms with van der Waals surface area (Å²) in [5.74, 6) is 1.44. The average molecular weight is 325 g/mol. The number of hydrogen-bond donors (Lipinski definition) is 1. The third-order valence-corrected chi connectivity index (χ3v) is 4.40.